The molecule has 1 aliphatic carbocycles. The molecular formula is C17H15ClO. The number of aryl methyl sites for hydroxylation is 1. The zero-order valence-corrected chi connectivity index (χ0v) is 11.4. The molecule has 0 amide bonds. The van der Waals surface area contributed by atoms with Gasteiger partial charge in [-0.15, -0.1) is 0 Å². The highest BCUT2D eigenvalue weighted by atomic mass is 35.5. The number of halogens is 1. The summed E-state index contributed by atoms with van der Waals surface area (Å²) < 4.78 is 0. The monoisotopic (exact) mass is 270 g/mol. The number of carbonyl (C=O) groups excluding carboxylic acids is 1. The van der Waals surface area contributed by atoms with Gasteiger partial charge in [0.15, 0.2) is 0 Å². The molecule has 19 heavy (non-hydrogen) atoms. The van der Waals surface area contributed by atoms with Crippen LogP contribution in [0.25, 0.3) is 0 Å². The minimum absolute atomic E-state index is 0.323. The number of hydrogen-bond acceptors (Lipinski definition) is 1. The summed E-state index contributed by atoms with van der Waals surface area (Å²) in [5, 5.41) is 0.775. The van der Waals surface area contributed by atoms with Crippen molar-refractivity contribution in [1.82, 2.24) is 0 Å². The number of ketones is 1. The van der Waals surface area contributed by atoms with Gasteiger partial charge in [-0.05, 0) is 41.2 Å². The van der Waals surface area contributed by atoms with Crippen LogP contribution < -0.4 is 0 Å². The Bertz CT molecular complexity index is 617. The van der Waals surface area contributed by atoms with Gasteiger partial charge in [-0.1, -0.05) is 48.0 Å². The molecule has 0 aromatic heterocycles. The Kier molecular flexibility index (Phi) is 3.39. The van der Waals surface area contributed by atoms with Crippen molar-refractivity contribution in [1.29, 1.82) is 0 Å². The summed E-state index contributed by atoms with van der Waals surface area (Å²) in [6, 6.07) is 14.3. The van der Waals surface area contributed by atoms with E-state index in [4.69, 9.17) is 11.6 Å². The predicted octanol–water partition coefficient (Wildman–Crippen LogP) is 3.99. The van der Waals surface area contributed by atoms with E-state index in [1.54, 1.807) is 0 Å². The summed E-state index contributed by atoms with van der Waals surface area (Å²) in [6.45, 7) is 0. The van der Waals surface area contributed by atoms with E-state index in [1.807, 2.05) is 24.3 Å². The Morgan fingerprint density at radius 2 is 1.79 bits per heavy atom. The molecule has 0 heterocycles. The number of hydrogen-bond donors (Lipinski definition) is 0. The molecule has 0 unspecified atom stereocenters. The fourth-order valence-electron chi connectivity index (χ4n) is 2.72. The van der Waals surface area contributed by atoms with Crippen molar-refractivity contribution in [3.63, 3.8) is 0 Å². The fraction of sp³-hybridized carbons (Fsp3) is 0.235. The molecule has 0 fully saturated rings. The van der Waals surface area contributed by atoms with E-state index < -0.39 is 0 Å². The van der Waals surface area contributed by atoms with Crippen molar-refractivity contribution < 1.29 is 4.79 Å². The second-order valence-corrected chi connectivity index (χ2v) is 5.45. The molecule has 0 aliphatic heterocycles. The maximum absolute atomic E-state index is 11.7. The molecule has 0 bridgehead atoms. The van der Waals surface area contributed by atoms with Gasteiger partial charge >= 0.3 is 0 Å². The summed E-state index contributed by atoms with van der Waals surface area (Å²) >= 11 is 6.35. The zero-order valence-electron chi connectivity index (χ0n) is 10.7. The van der Waals surface area contributed by atoms with E-state index in [1.165, 1.54) is 11.1 Å². The fourth-order valence-corrected chi connectivity index (χ4v) is 2.96. The standard InChI is InChI=1S/C17H15ClO/c18-17-9-7-13-6-8-14(19)11-15(13)16(17)10-12-4-2-1-3-5-12/h1-5,7,9H,6,8,10-11H2. The highest BCUT2D eigenvalue weighted by Gasteiger charge is 2.20. The summed E-state index contributed by atoms with van der Waals surface area (Å²) in [6.07, 6.45) is 2.86. The highest BCUT2D eigenvalue weighted by Crippen LogP contribution is 2.30. The van der Waals surface area contributed by atoms with Crippen LogP contribution in [0.1, 0.15) is 28.7 Å². The van der Waals surface area contributed by atoms with Crippen LogP contribution in [0.3, 0.4) is 0 Å². The number of rotatable bonds is 2. The summed E-state index contributed by atoms with van der Waals surface area (Å²) in [5.74, 6) is 0.323. The van der Waals surface area contributed by atoms with Crippen LogP contribution >= 0.6 is 11.6 Å². The third-order valence-corrected chi connectivity index (χ3v) is 4.10. The number of Topliss-reactive ketones (excluding diaryl/α,β-unsaturated/α-hetero) is 1. The second-order valence-electron chi connectivity index (χ2n) is 5.04. The Hall–Kier alpha value is -1.60. The Labute approximate surface area is 118 Å². The van der Waals surface area contributed by atoms with Gasteiger partial charge in [0.25, 0.3) is 0 Å². The normalized spacial score (nSPS) is 14.3. The average Bonchev–Trinajstić information content (AvgIpc) is 2.43. The van der Waals surface area contributed by atoms with E-state index in [2.05, 4.69) is 18.2 Å². The molecule has 3 rings (SSSR count). The molecule has 0 saturated carbocycles. The molecular weight excluding hydrogens is 256 g/mol. The van der Waals surface area contributed by atoms with Crippen LogP contribution in [0, 0.1) is 0 Å². The maximum atomic E-state index is 11.7. The van der Waals surface area contributed by atoms with Crippen molar-refractivity contribution in [2.75, 3.05) is 0 Å². The minimum atomic E-state index is 0.323. The zero-order chi connectivity index (χ0) is 13.2. The van der Waals surface area contributed by atoms with Gasteiger partial charge in [-0.25, -0.2) is 0 Å². The van der Waals surface area contributed by atoms with Gasteiger partial charge in [0.2, 0.25) is 0 Å². The quantitative estimate of drug-likeness (QED) is 0.806. The van der Waals surface area contributed by atoms with Crippen LogP contribution in [-0.4, -0.2) is 5.78 Å². The smallest absolute Gasteiger partial charge is 0.137 e. The lowest BCUT2D eigenvalue weighted by atomic mass is 9.85. The number of fused-ring (bicyclic) bond motifs is 1. The van der Waals surface area contributed by atoms with E-state index in [0.717, 1.165) is 29.0 Å². The van der Waals surface area contributed by atoms with Crippen LogP contribution in [0.15, 0.2) is 42.5 Å². The summed E-state index contributed by atoms with van der Waals surface area (Å²) in [7, 11) is 0. The first-order valence-corrected chi connectivity index (χ1v) is 6.96. The van der Waals surface area contributed by atoms with Gasteiger partial charge < -0.3 is 0 Å². The Balaban J connectivity index is 2.03. The molecule has 2 aromatic carbocycles. The van der Waals surface area contributed by atoms with E-state index in [-0.39, 0.29) is 0 Å². The first kappa shape index (κ1) is 12.4. The largest absolute Gasteiger partial charge is 0.299 e. The lowest BCUT2D eigenvalue weighted by Crippen LogP contribution is -2.15. The van der Waals surface area contributed by atoms with Crippen LogP contribution in [0.5, 0.6) is 0 Å². The van der Waals surface area contributed by atoms with Gasteiger partial charge in [-0.3, -0.25) is 4.79 Å². The van der Waals surface area contributed by atoms with E-state index in [9.17, 15) is 4.79 Å². The molecule has 0 spiro atoms. The maximum Gasteiger partial charge on any atom is 0.137 e. The third-order valence-electron chi connectivity index (χ3n) is 3.74. The molecule has 1 aliphatic rings. The van der Waals surface area contributed by atoms with Crippen molar-refractivity contribution in [3.05, 3.63) is 69.7 Å². The molecule has 2 heteroatoms. The van der Waals surface area contributed by atoms with Gasteiger partial charge in [0.1, 0.15) is 5.78 Å². The summed E-state index contributed by atoms with van der Waals surface area (Å²) in [4.78, 5) is 11.7. The molecule has 1 nitrogen and oxygen atoms in total. The Morgan fingerprint density at radius 1 is 1.00 bits per heavy atom. The third kappa shape index (κ3) is 2.57. The first-order chi connectivity index (χ1) is 9.24. The SMILES string of the molecule is O=C1CCc2ccc(Cl)c(Cc3ccccc3)c2C1. The molecule has 96 valence electrons. The number of benzene rings is 2. The molecule has 0 radical (unpaired) electrons. The van der Waals surface area contributed by atoms with Crippen LogP contribution in [-0.2, 0) is 24.1 Å². The minimum Gasteiger partial charge on any atom is -0.299 e. The highest BCUT2D eigenvalue weighted by molar-refractivity contribution is 6.31. The lowest BCUT2D eigenvalue weighted by molar-refractivity contribution is -0.118. The molecule has 0 saturated heterocycles. The second kappa shape index (κ2) is 5.18. The van der Waals surface area contributed by atoms with Crippen molar-refractivity contribution in [3.8, 4) is 0 Å². The predicted molar refractivity (Wildman–Crippen MR) is 77.7 cm³/mol. The lowest BCUT2D eigenvalue weighted by Gasteiger charge is -2.20. The van der Waals surface area contributed by atoms with Crippen molar-refractivity contribution in [2.45, 2.75) is 25.7 Å². The molecule has 0 atom stereocenters. The summed E-state index contributed by atoms with van der Waals surface area (Å²) in [5.41, 5.74) is 4.80. The van der Waals surface area contributed by atoms with E-state index in [0.29, 0.717) is 18.6 Å². The number of carbonyl (C=O) groups is 1. The van der Waals surface area contributed by atoms with Gasteiger partial charge in [-0.2, -0.15) is 0 Å². The van der Waals surface area contributed by atoms with Crippen LogP contribution in [0.2, 0.25) is 5.02 Å². The topological polar surface area (TPSA) is 17.1 Å². The average molecular weight is 271 g/mol. The molecule has 2 aromatic rings. The van der Waals surface area contributed by atoms with Crippen molar-refractivity contribution >= 4 is 17.4 Å². The first-order valence-electron chi connectivity index (χ1n) is 6.59. The van der Waals surface area contributed by atoms with Gasteiger partial charge in [0, 0.05) is 17.9 Å². The van der Waals surface area contributed by atoms with Gasteiger partial charge in [0.05, 0.1) is 0 Å². The Morgan fingerprint density at radius 3 is 2.58 bits per heavy atom. The van der Waals surface area contributed by atoms with Crippen LogP contribution in [0.4, 0.5) is 0 Å². The molecule has 0 N–H and O–H groups in total. The van der Waals surface area contributed by atoms with Crippen molar-refractivity contribution in [2.24, 2.45) is 0 Å². The van der Waals surface area contributed by atoms with E-state index >= 15 is 0 Å².